The van der Waals surface area contributed by atoms with E-state index in [-0.39, 0.29) is 36.7 Å². The van der Waals surface area contributed by atoms with Gasteiger partial charge in [-0.1, -0.05) is 0 Å². The first-order chi connectivity index (χ1) is 8.54. The van der Waals surface area contributed by atoms with E-state index in [0.717, 1.165) is 0 Å². The molecule has 0 aromatic heterocycles. The van der Waals surface area contributed by atoms with E-state index in [4.69, 9.17) is 9.47 Å². The Morgan fingerprint density at radius 1 is 1.00 bits per heavy atom. The van der Waals surface area contributed by atoms with Gasteiger partial charge in [-0.15, -0.1) is 0 Å². The first-order valence-electron chi connectivity index (χ1n) is 6.65. The van der Waals surface area contributed by atoms with Crippen LogP contribution in [-0.2, 0) is 14.3 Å². The normalized spacial score (nSPS) is 11.8. The molecule has 0 aliphatic carbocycles. The van der Waals surface area contributed by atoms with Crippen LogP contribution >= 0.6 is 0 Å². The maximum absolute atomic E-state index is 11.8. The Kier molecular flexibility index (Phi) is 7.05. The van der Waals surface area contributed by atoms with E-state index >= 15 is 0 Å². The van der Waals surface area contributed by atoms with Crippen LogP contribution in [0.2, 0.25) is 0 Å². The van der Waals surface area contributed by atoms with Crippen molar-refractivity contribution >= 4 is 11.9 Å². The van der Waals surface area contributed by atoms with Gasteiger partial charge in [-0.25, -0.2) is 4.79 Å². The minimum absolute atomic E-state index is 0.0356. The summed E-state index contributed by atoms with van der Waals surface area (Å²) in [5, 5.41) is 0. The van der Waals surface area contributed by atoms with Crippen LogP contribution in [0.5, 0.6) is 0 Å². The van der Waals surface area contributed by atoms with Crippen molar-refractivity contribution in [3.63, 3.8) is 0 Å². The van der Waals surface area contributed by atoms with Crippen molar-refractivity contribution < 1.29 is 19.1 Å². The number of ketones is 1. The first-order valence-corrected chi connectivity index (χ1v) is 6.65. The van der Waals surface area contributed by atoms with Crippen molar-refractivity contribution in [2.75, 3.05) is 13.2 Å². The molecule has 0 atom stereocenters. The summed E-state index contributed by atoms with van der Waals surface area (Å²) in [5.74, 6) is -0.240. The van der Waals surface area contributed by atoms with Gasteiger partial charge in [0, 0.05) is 12.1 Å². The first kappa shape index (κ1) is 17.9. The maximum atomic E-state index is 11.8. The van der Waals surface area contributed by atoms with Gasteiger partial charge < -0.3 is 14.4 Å². The topological polar surface area (TPSA) is 55.8 Å². The fourth-order valence-corrected chi connectivity index (χ4v) is 1.57. The van der Waals surface area contributed by atoms with Gasteiger partial charge >= 0.3 is 6.09 Å². The Balaban J connectivity index is 4.18. The highest BCUT2D eigenvalue weighted by Gasteiger charge is 2.22. The number of carbonyl (C=O) groups is 2. The lowest BCUT2D eigenvalue weighted by Gasteiger charge is -2.29. The molecule has 0 heterocycles. The van der Waals surface area contributed by atoms with E-state index < -0.39 is 6.09 Å². The fourth-order valence-electron chi connectivity index (χ4n) is 1.57. The molecular weight excluding hydrogens is 246 g/mol. The molecule has 0 bridgehead atoms. The summed E-state index contributed by atoms with van der Waals surface area (Å²) in [7, 11) is 0. The van der Waals surface area contributed by atoms with Crippen molar-refractivity contribution in [2.24, 2.45) is 0 Å². The Morgan fingerprint density at radius 2 is 1.47 bits per heavy atom. The number of hydrogen-bond donors (Lipinski definition) is 0. The average molecular weight is 273 g/mol. The van der Waals surface area contributed by atoms with E-state index in [2.05, 4.69) is 0 Å². The SMILES string of the molecule is CC(C)N(C(=O)OCC(=O)COC(C)(C)C)C(C)C. The molecule has 5 heteroatoms. The summed E-state index contributed by atoms with van der Waals surface area (Å²) in [4.78, 5) is 25.0. The number of amides is 1. The summed E-state index contributed by atoms with van der Waals surface area (Å²) < 4.78 is 10.3. The van der Waals surface area contributed by atoms with Gasteiger partial charge in [0.15, 0.2) is 12.4 Å². The Labute approximate surface area is 116 Å². The molecule has 1 amide bonds. The molecule has 0 aromatic rings. The zero-order chi connectivity index (χ0) is 15.2. The fraction of sp³-hybridized carbons (Fsp3) is 0.857. The molecule has 0 saturated carbocycles. The van der Waals surface area contributed by atoms with E-state index in [1.807, 2.05) is 48.5 Å². The third-order valence-electron chi connectivity index (χ3n) is 2.35. The molecule has 0 spiro atoms. The Morgan fingerprint density at radius 3 is 1.84 bits per heavy atom. The van der Waals surface area contributed by atoms with Gasteiger partial charge in [0.05, 0.1) is 5.60 Å². The molecule has 5 nitrogen and oxygen atoms in total. The molecule has 0 rings (SSSR count). The second-order valence-corrected chi connectivity index (χ2v) is 6.09. The van der Waals surface area contributed by atoms with Crippen LogP contribution in [-0.4, -0.2) is 47.7 Å². The minimum atomic E-state index is -0.464. The van der Waals surface area contributed by atoms with Crippen LogP contribution in [0.25, 0.3) is 0 Å². The predicted molar refractivity (Wildman–Crippen MR) is 74.2 cm³/mol. The summed E-state index contributed by atoms with van der Waals surface area (Å²) in [6.45, 7) is 12.9. The second kappa shape index (κ2) is 7.48. The van der Waals surface area contributed by atoms with E-state index in [1.54, 1.807) is 4.90 Å². The molecule has 112 valence electrons. The highest BCUT2D eigenvalue weighted by molar-refractivity contribution is 5.83. The molecule has 0 aliphatic rings. The molecule has 0 saturated heterocycles. The number of nitrogens with zero attached hydrogens (tertiary/aromatic N) is 1. The summed E-state index contributed by atoms with van der Waals surface area (Å²) in [6.07, 6.45) is -0.464. The van der Waals surface area contributed by atoms with Gasteiger partial charge in [-0.2, -0.15) is 0 Å². The lowest BCUT2D eigenvalue weighted by molar-refractivity contribution is -0.131. The zero-order valence-corrected chi connectivity index (χ0v) is 13.1. The zero-order valence-electron chi connectivity index (χ0n) is 13.1. The number of ether oxygens (including phenoxy) is 2. The number of hydrogen-bond acceptors (Lipinski definition) is 4. The molecule has 0 fully saturated rings. The molecule has 0 radical (unpaired) electrons. The number of carbonyl (C=O) groups excluding carboxylic acids is 2. The molecule has 19 heavy (non-hydrogen) atoms. The summed E-state index contributed by atoms with van der Waals surface area (Å²) in [6, 6.07) is 0.0712. The highest BCUT2D eigenvalue weighted by atomic mass is 16.6. The maximum Gasteiger partial charge on any atom is 0.410 e. The van der Waals surface area contributed by atoms with Crippen molar-refractivity contribution in [1.29, 1.82) is 0 Å². The smallest absolute Gasteiger partial charge is 0.410 e. The van der Waals surface area contributed by atoms with Crippen molar-refractivity contribution in [2.45, 2.75) is 66.2 Å². The van der Waals surface area contributed by atoms with Crippen molar-refractivity contribution in [3.8, 4) is 0 Å². The van der Waals surface area contributed by atoms with E-state index in [9.17, 15) is 9.59 Å². The van der Waals surface area contributed by atoms with Crippen LogP contribution in [0.15, 0.2) is 0 Å². The largest absolute Gasteiger partial charge is 0.441 e. The van der Waals surface area contributed by atoms with Crippen LogP contribution in [0.3, 0.4) is 0 Å². The van der Waals surface area contributed by atoms with E-state index in [0.29, 0.717) is 0 Å². The molecule has 0 aromatic carbocycles. The quantitative estimate of drug-likeness (QED) is 0.746. The standard InChI is InChI=1S/C14H27NO4/c1-10(2)15(11(3)4)13(17)18-8-12(16)9-19-14(5,6)7/h10-11H,8-9H2,1-7H3. The second-order valence-electron chi connectivity index (χ2n) is 6.09. The Hall–Kier alpha value is -1.10. The number of rotatable bonds is 6. The summed E-state index contributed by atoms with van der Waals surface area (Å²) in [5.41, 5.74) is -0.373. The molecular formula is C14H27NO4. The predicted octanol–water partition coefficient (Wildman–Crippen LogP) is 2.63. The third-order valence-corrected chi connectivity index (χ3v) is 2.35. The van der Waals surface area contributed by atoms with Crippen LogP contribution < -0.4 is 0 Å². The van der Waals surface area contributed by atoms with Crippen molar-refractivity contribution in [1.82, 2.24) is 4.90 Å². The molecule has 0 aliphatic heterocycles. The van der Waals surface area contributed by atoms with Gasteiger partial charge in [-0.3, -0.25) is 4.79 Å². The lowest BCUT2D eigenvalue weighted by atomic mass is 10.2. The summed E-state index contributed by atoms with van der Waals surface area (Å²) >= 11 is 0. The highest BCUT2D eigenvalue weighted by Crippen LogP contribution is 2.08. The van der Waals surface area contributed by atoms with E-state index in [1.165, 1.54) is 0 Å². The minimum Gasteiger partial charge on any atom is -0.441 e. The van der Waals surface area contributed by atoms with Crippen LogP contribution in [0.4, 0.5) is 4.79 Å². The van der Waals surface area contributed by atoms with Gasteiger partial charge in [0.2, 0.25) is 0 Å². The average Bonchev–Trinajstić information content (AvgIpc) is 2.21. The number of Topliss-reactive ketones (excluding diaryl/α,β-unsaturated/α-hetero) is 1. The monoisotopic (exact) mass is 273 g/mol. The van der Waals surface area contributed by atoms with Crippen molar-refractivity contribution in [3.05, 3.63) is 0 Å². The third kappa shape index (κ3) is 7.82. The molecule has 0 N–H and O–H groups in total. The Bertz CT molecular complexity index is 297. The van der Waals surface area contributed by atoms with Gasteiger partial charge in [0.25, 0.3) is 0 Å². The molecule has 0 unspecified atom stereocenters. The van der Waals surface area contributed by atoms with Crippen LogP contribution in [0, 0.1) is 0 Å². The lowest BCUT2D eigenvalue weighted by Crippen LogP contribution is -2.43. The van der Waals surface area contributed by atoms with Gasteiger partial charge in [-0.05, 0) is 48.5 Å². The van der Waals surface area contributed by atoms with Gasteiger partial charge in [0.1, 0.15) is 6.61 Å². The van der Waals surface area contributed by atoms with Crippen LogP contribution in [0.1, 0.15) is 48.5 Å².